The monoisotopic (exact) mass is 256 g/mol. The van der Waals surface area contributed by atoms with Crippen molar-refractivity contribution < 1.29 is 5.11 Å². The molecule has 2 unspecified atom stereocenters. The van der Waals surface area contributed by atoms with Crippen LogP contribution in [0.3, 0.4) is 0 Å². The topological polar surface area (TPSA) is 20.2 Å². The summed E-state index contributed by atoms with van der Waals surface area (Å²) in [5, 5.41) is 12.8. The maximum Gasteiger partial charge on any atom is 0.0793 e. The zero-order valence-electron chi connectivity index (χ0n) is 12.4. The highest BCUT2D eigenvalue weighted by atomic mass is 16.3. The van der Waals surface area contributed by atoms with Gasteiger partial charge in [0.15, 0.2) is 0 Å². The van der Waals surface area contributed by atoms with E-state index in [4.69, 9.17) is 0 Å². The number of hydrogen-bond donors (Lipinski definition) is 1. The van der Waals surface area contributed by atoms with Gasteiger partial charge in [-0.25, -0.2) is 0 Å². The Morgan fingerprint density at radius 1 is 1.00 bits per heavy atom. The van der Waals surface area contributed by atoms with E-state index in [0.717, 1.165) is 12.0 Å². The van der Waals surface area contributed by atoms with Crippen molar-refractivity contribution in [2.75, 3.05) is 0 Å². The van der Waals surface area contributed by atoms with E-state index in [0.29, 0.717) is 5.92 Å². The summed E-state index contributed by atoms with van der Waals surface area (Å²) >= 11 is 0. The molecule has 19 heavy (non-hydrogen) atoms. The first-order valence-corrected chi connectivity index (χ1v) is 7.04. The molecule has 0 radical (unpaired) electrons. The first kappa shape index (κ1) is 14.1. The minimum Gasteiger partial charge on any atom is -0.388 e. The average molecular weight is 256 g/mol. The van der Waals surface area contributed by atoms with Gasteiger partial charge >= 0.3 is 0 Å². The van der Waals surface area contributed by atoms with E-state index in [2.05, 4.69) is 52.0 Å². The second kappa shape index (κ2) is 5.34. The lowest BCUT2D eigenvalue weighted by molar-refractivity contribution is 0.111. The average Bonchev–Trinajstić information content (AvgIpc) is 2.37. The Bertz CT molecular complexity index is 551. The molecular weight excluding hydrogens is 232 g/mol. The van der Waals surface area contributed by atoms with Crippen LogP contribution in [-0.4, -0.2) is 5.11 Å². The Morgan fingerprint density at radius 2 is 1.63 bits per heavy atom. The van der Waals surface area contributed by atoms with E-state index < -0.39 is 0 Å². The molecule has 0 saturated heterocycles. The van der Waals surface area contributed by atoms with E-state index >= 15 is 0 Å². The third-order valence-corrected chi connectivity index (χ3v) is 4.21. The lowest BCUT2D eigenvalue weighted by Gasteiger charge is -2.29. The first-order valence-electron chi connectivity index (χ1n) is 7.04. The number of rotatable bonds is 3. The maximum absolute atomic E-state index is 10.4. The van der Waals surface area contributed by atoms with Crippen LogP contribution in [0.25, 0.3) is 10.8 Å². The molecule has 1 heteroatoms. The predicted octanol–water partition coefficient (Wildman–Crippen LogP) is 4.95. The molecule has 2 rings (SSSR count). The van der Waals surface area contributed by atoms with Gasteiger partial charge in [-0.1, -0.05) is 64.1 Å². The summed E-state index contributed by atoms with van der Waals surface area (Å²) in [6.07, 6.45) is 0.431. The Hall–Kier alpha value is -1.34. The summed E-state index contributed by atoms with van der Waals surface area (Å²) in [6, 6.07) is 14.5. The largest absolute Gasteiger partial charge is 0.388 e. The second-order valence-electron chi connectivity index (χ2n) is 6.63. The third kappa shape index (κ3) is 3.36. The number of aliphatic hydroxyl groups excluding tert-OH is 1. The van der Waals surface area contributed by atoms with Crippen molar-refractivity contribution in [2.24, 2.45) is 11.3 Å². The molecule has 0 spiro atoms. The Labute approximate surface area is 116 Å². The van der Waals surface area contributed by atoms with Gasteiger partial charge in [-0.15, -0.1) is 0 Å². The van der Waals surface area contributed by atoms with Crippen LogP contribution in [0.5, 0.6) is 0 Å². The van der Waals surface area contributed by atoms with Crippen molar-refractivity contribution in [3.8, 4) is 0 Å². The van der Waals surface area contributed by atoms with Crippen molar-refractivity contribution in [2.45, 2.75) is 40.2 Å². The van der Waals surface area contributed by atoms with Gasteiger partial charge in [-0.2, -0.15) is 0 Å². The minimum absolute atomic E-state index is 0.234. The van der Waals surface area contributed by atoms with Crippen molar-refractivity contribution in [1.82, 2.24) is 0 Å². The van der Waals surface area contributed by atoms with Gasteiger partial charge in [-0.3, -0.25) is 0 Å². The molecule has 0 heterocycles. The number of hydrogen-bond acceptors (Lipinski definition) is 1. The fraction of sp³-hybridized carbons (Fsp3) is 0.444. The van der Waals surface area contributed by atoms with E-state index in [1.165, 1.54) is 10.8 Å². The van der Waals surface area contributed by atoms with Crippen LogP contribution in [0.15, 0.2) is 42.5 Å². The maximum atomic E-state index is 10.4. The molecule has 0 aromatic heterocycles. The molecule has 0 bridgehead atoms. The van der Waals surface area contributed by atoms with Crippen LogP contribution >= 0.6 is 0 Å². The highest BCUT2D eigenvalue weighted by molar-refractivity contribution is 5.83. The SMILES string of the molecule is CC(CC(O)c1ccc2ccccc2c1)C(C)(C)C. The zero-order valence-corrected chi connectivity index (χ0v) is 12.4. The third-order valence-electron chi connectivity index (χ3n) is 4.21. The Kier molecular flexibility index (Phi) is 3.96. The molecule has 1 N–H and O–H groups in total. The predicted molar refractivity (Wildman–Crippen MR) is 82.1 cm³/mol. The van der Waals surface area contributed by atoms with Crippen LogP contribution in [0.4, 0.5) is 0 Å². The van der Waals surface area contributed by atoms with Crippen molar-refractivity contribution in [1.29, 1.82) is 0 Å². The minimum atomic E-state index is -0.376. The fourth-order valence-electron chi connectivity index (χ4n) is 2.24. The molecule has 0 saturated carbocycles. The number of fused-ring (bicyclic) bond motifs is 1. The highest BCUT2D eigenvalue weighted by Crippen LogP contribution is 2.33. The second-order valence-corrected chi connectivity index (χ2v) is 6.63. The van der Waals surface area contributed by atoms with Gasteiger partial charge in [0.1, 0.15) is 0 Å². The molecule has 0 aliphatic carbocycles. The van der Waals surface area contributed by atoms with Gasteiger partial charge in [-0.05, 0) is 40.2 Å². The van der Waals surface area contributed by atoms with Crippen LogP contribution < -0.4 is 0 Å². The van der Waals surface area contributed by atoms with Crippen LogP contribution in [0.2, 0.25) is 0 Å². The van der Waals surface area contributed by atoms with Crippen LogP contribution in [0.1, 0.15) is 45.8 Å². The van der Waals surface area contributed by atoms with Gasteiger partial charge < -0.3 is 5.11 Å². The molecule has 1 nitrogen and oxygen atoms in total. The van der Waals surface area contributed by atoms with E-state index in [1.54, 1.807) is 0 Å². The quantitative estimate of drug-likeness (QED) is 0.824. The molecule has 0 fully saturated rings. The number of benzene rings is 2. The molecule has 2 aromatic rings. The zero-order chi connectivity index (χ0) is 14.0. The van der Waals surface area contributed by atoms with Crippen molar-refractivity contribution in [3.05, 3.63) is 48.0 Å². The Balaban J connectivity index is 2.19. The Morgan fingerprint density at radius 3 is 2.26 bits per heavy atom. The van der Waals surface area contributed by atoms with E-state index in [1.807, 2.05) is 18.2 Å². The van der Waals surface area contributed by atoms with Crippen molar-refractivity contribution in [3.63, 3.8) is 0 Å². The molecule has 2 aromatic carbocycles. The van der Waals surface area contributed by atoms with Gasteiger partial charge in [0.25, 0.3) is 0 Å². The summed E-state index contributed by atoms with van der Waals surface area (Å²) < 4.78 is 0. The van der Waals surface area contributed by atoms with Crippen LogP contribution in [-0.2, 0) is 0 Å². The summed E-state index contributed by atoms with van der Waals surface area (Å²) in [6.45, 7) is 8.89. The van der Waals surface area contributed by atoms with Gasteiger partial charge in [0.2, 0.25) is 0 Å². The summed E-state index contributed by atoms with van der Waals surface area (Å²) in [7, 11) is 0. The highest BCUT2D eigenvalue weighted by Gasteiger charge is 2.23. The number of aliphatic hydroxyl groups is 1. The summed E-state index contributed by atoms with van der Waals surface area (Å²) in [5.41, 5.74) is 1.26. The lowest BCUT2D eigenvalue weighted by atomic mass is 9.78. The van der Waals surface area contributed by atoms with E-state index in [9.17, 15) is 5.11 Å². The standard InChI is InChI=1S/C18H24O/c1-13(18(2,3)4)11-17(19)16-10-9-14-7-5-6-8-15(14)12-16/h5-10,12-13,17,19H,11H2,1-4H3. The normalized spacial score (nSPS) is 15.4. The molecule has 0 aliphatic rings. The van der Waals surface area contributed by atoms with E-state index in [-0.39, 0.29) is 11.5 Å². The molecule has 102 valence electrons. The van der Waals surface area contributed by atoms with Gasteiger partial charge in [0, 0.05) is 0 Å². The molecule has 0 aliphatic heterocycles. The molecule has 0 amide bonds. The summed E-state index contributed by atoms with van der Waals surface area (Å²) in [5.74, 6) is 0.481. The van der Waals surface area contributed by atoms with Crippen LogP contribution in [0, 0.1) is 11.3 Å². The fourth-order valence-corrected chi connectivity index (χ4v) is 2.24. The summed E-state index contributed by atoms with van der Waals surface area (Å²) in [4.78, 5) is 0. The lowest BCUT2D eigenvalue weighted by Crippen LogP contribution is -2.19. The molecular formula is C18H24O. The molecule has 2 atom stereocenters. The van der Waals surface area contributed by atoms with Gasteiger partial charge in [0.05, 0.1) is 6.10 Å². The first-order chi connectivity index (χ1) is 8.88. The smallest absolute Gasteiger partial charge is 0.0793 e. The van der Waals surface area contributed by atoms with Crippen molar-refractivity contribution >= 4 is 10.8 Å².